The molecule has 1 aromatic heterocycles. The molecule has 1 aliphatic rings. The van der Waals surface area contributed by atoms with Gasteiger partial charge in [-0.3, -0.25) is 10.1 Å². The molecule has 0 aromatic carbocycles. The lowest BCUT2D eigenvalue weighted by atomic mass is 9.83. The Morgan fingerprint density at radius 1 is 1.58 bits per heavy atom. The number of aromatic nitrogens is 1. The second-order valence-electron chi connectivity index (χ2n) is 4.67. The van der Waals surface area contributed by atoms with Gasteiger partial charge in [0.1, 0.15) is 0 Å². The van der Waals surface area contributed by atoms with Crippen LogP contribution in [0, 0.1) is 16.0 Å². The SMILES string of the molecule is O=C(O)c1cnc(NCCC2CCC2)c([N+](=O)[O-])c1. The van der Waals surface area contributed by atoms with Crippen molar-refractivity contribution in [2.24, 2.45) is 5.92 Å². The molecule has 1 fully saturated rings. The monoisotopic (exact) mass is 265 g/mol. The standard InChI is InChI=1S/C12H15N3O4/c16-12(17)9-6-10(15(18)19)11(14-7-9)13-5-4-8-2-1-3-8/h6-8H,1-5H2,(H,13,14)(H,16,17). The molecule has 1 aromatic rings. The van der Waals surface area contributed by atoms with Crippen LogP contribution >= 0.6 is 0 Å². The number of carbonyl (C=O) groups is 1. The van der Waals surface area contributed by atoms with Crippen molar-refractivity contribution in [2.75, 3.05) is 11.9 Å². The maximum Gasteiger partial charge on any atom is 0.337 e. The number of rotatable bonds is 6. The van der Waals surface area contributed by atoms with E-state index in [1.54, 1.807) is 0 Å². The fourth-order valence-corrected chi connectivity index (χ4v) is 2.02. The highest BCUT2D eigenvalue weighted by molar-refractivity contribution is 5.88. The molecule has 7 heteroatoms. The van der Waals surface area contributed by atoms with Crippen LogP contribution in [0.3, 0.4) is 0 Å². The van der Waals surface area contributed by atoms with Crippen molar-refractivity contribution in [3.05, 3.63) is 27.9 Å². The number of nitrogens with zero attached hydrogens (tertiary/aromatic N) is 2. The lowest BCUT2D eigenvalue weighted by molar-refractivity contribution is -0.384. The Labute approximate surface area is 109 Å². The van der Waals surface area contributed by atoms with Gasteiger partial charge in [-0.05, 0) is 12.3 Å². The lowest BCUT2D eigenvalue weighted by Gasteiger charge is -2.25. The quantitative estimate of drug-likeness (QED) is 0.603. The van der Waals surface area contributed by atoms with Crippen LogP contribution in [0.2, 0.25) is 0 Å². The van der Waals surface area contributed by atoms with E-state index < -0.39 is 10.9 Å². The molecule has 0 radical (unpaired) electrons. The van der Waals surface area contributed by atoms with E-state index in [2.05, 4.69) is 10.3 Å². The largest absolute Gasteiger partial charge is 0.478 e. The molecule has 1 saturated carbocycles. The molecular formula is C12H15N3O4. The minimum Gasteiger partial charge on any atom is -0.478 e. The fraction of sp³-hybridized carbons (Fsp3) is 0.500. The molecule has 2 N–H and O–H groups in total. The number of aromatic carboxylic acids is 1. The van der Waals surface area contributed by atoms with E-state index in [0.29, 0.717) is 12.5 Å². The first-order valence-electron chi connectivity index (χ1n) is 6.19. The summed E-state index contributed by atoms with van der Waals surface area (Å²) in [6.07, 6.45) is 5.78. The van der Waals surface area contributed by atoms with Crippen molar-refractivity contribution in [3.63, 3.8) is 0 Å². The van der Waals surface area contributed by atoms with Gasteiger partial charge >= 0.3 is 11.7 Å². The van der Waals surface area contributed by atoms with E-state index in [4.69, 9.17) is 5.11 Å². The topological polar surface area (TPSA) is 105 Å². The summed E-state index contributed by atoms with van der Waals surface area (Å²) in [5.74, 6) is -0.393. The molecule has 7 nitrogen and oxygen atoms in total. The first-order chi connectivity index (χ1) is 9.08. The minimum atomic E-state index is -1.23. The van der Waals surface area contributed by atoms with Gasteiger partial charge in [0.25, 0.3) is 0 Å². The smallest absolute Gasteiger partial charge is 0.337 e. The molecule has 19 heavy (non-hydrogen) atoms. The summed E-state index contributed by atoms with van der Waals surface area (Å²) in [6, 6.07) is 1.03. The summed E-state index contributed by atoms with van der Waals surface area (Å²) < 4.78 is 0. The van der Waals surface area contributed by atoms with Gasteiger partial charge < -0.3 is 10.4 Å². The van der Waals surface area contributed by atoms with Crippen LogP contribution in [0.15, 0.2) is 12.3 Å². The summed E-state index contributed by atoms with van der Waals surface area (Å²) in [4.78, 5) is 24.9. The van der Waals surface area contributed by atoms with Crippen LogP contribution in [-0.2, 0) is 0 Å². The Morgan fingerprint density at radius 2 is 2.32 bits per heavy atom. The van der Waals surface area contributed by atoms with Crippen LogP contribution in [-0.4, -0.2) is 27.5 Å². The number of nitro groups is 1. The van der Waals surface area contributed by atoms with Crippen molar-refractivity contribution in [3.8, 4) is 0 Å². The minimum absolute atomic E-state index is 0.134. The molecule has 0 unspecified atom stereocenters. The van der Waals surface area contributed by atoms with Gasteiger partial charge in [-0.2, -0.15) is 0 Å². The first kappa shape index (κ1) is 13.3. The predicted octanol–water partition coefficient (Wildman–Crippen LogP) is 2.29. The molecule has 0 saturated heterocycles. The Hall–Kier alpha value is -2.18. The molecule has 1 aliphatic carbocycles. The van der Waals surface area contributed by atoms with Gasteiger partial charge in [0.15, 0.2) is 0 Å². The normalized spacial score (nSPS) is 14.7. The van der Waals surface area contributed by atoms with Gasteiger partial charge in [-0.15, -0.1) is 0 Å². The van der Waals surface area contributed by atoms with E-state index in [1.807, 2.05) is 0 Å². The van der Waals surface area contributed by atoms with E-state index >= 15 is 0 Å². The number of nitrogens with one attached hydrogen (secondary N) is 1. The van der Waals surface area contributed by atoms with Crippen LogP contribution in [0.25, 0.3) is 0 Å². The van der Waals surface area contributed by atoms with Crippen molar-refractivity contribution in [1.29, 1.82) is 0 Å². The van der Waals surface area contributed by atoms with Gasteiger partial charge in [0.2, 0.25) is 5.82 Å². The lowest BCUT2D eigenvalue weighted by Crippen LogP contribution is -2.16. The van der Waals surface area contributed by atoms with Crippen molar-refractivity contribution in [2.45, 2.75) is 25.7 Å². The maximum atomic E-state index is 10.9. The van der Waals surface area contributed by atoms with Crippen LogP contribution in [0.1, 0.15) is 36.0 Å². The van der Waals surface area contributed by atoms with E-state index in [-0.39, 0.29) is 17.1 Å². The Kier molecular flexibility index (Phi) is 3.94. The number of carboxylic acids is 1. The maximum absolute atomic E-state index is 10.9. The highest BCUT2D eigenvalue weighted by atomic mass is 16.6. The zero-order valence-corrected chi connectivity index (χ0v) is 10.3. The predicted molar refractivity (Wildman–Crippen MR) is 68.3 cm³/mol. The van der Waals surface area contributed by atoms with Crippen LogP contribution < -0.4 is 5.32 Å². The molecule has 0 amide bonds. The Morgan fingerprint density at radius 3 is 2.84 bits per heavy atom. The summed E-state index contributed by atoms with van der Waals surface area (Å²) in [7, 11) is 0. The third-order valence-corrected chi connectivity index (χ3v) is 3.38. The second-order valence-corrected chi connectivity index (χ2v) is 4.67. The summed E-state index contributed by atoms with van der Waals surface area (Å²) in [6.45, 7) is 0.616. The molecule has 0 atom stereocenters. The zero-order valence-electron chi connectivity index (χ0n) is 10.3. The third-order valence-electron chi connectivity index (χ3n) is 3.38. The summed E-state index contributed by atoms with van der Waals surface area (Å²) in [5.41, 5.74) is -0.482. The average molecular weight is 265 g/mol. The number of pyridine rings is 1. The number of carboxylic acid groups (broad SMARTS) is 1. The highest BCUT2D eigenvalue weighted by Crippen LogP contribution is 2.29. The van der Waals surface area contributed by atoms with Gasteiger partial charge in [-0.1, -0.05) is 19.3 Å². The van der Waals surface area contributed by atoms with Gasteiger partial charge in [0, 0.05) is 18.8 Å². The van der Waals surface area contributed by atoms with Crippen molar-refractivity contribution < 1.29 is 14.8 Å². The summed E-state index contributed by atoms with van der Waals surface area (Å²) in [5, 5.41) is 22.6. The van der Waals surface area contributed by atoms with Crippen molar-refractivity contribution >= 4 is 17.5 Å². The third kappa shape index (κ3) is 3.18. The van der Waals surface area contributed by atoms with Gasteiger partial charge in [-0.25, -0.2) is 9.78 Å². The second kappa shape index (κ2) is 5.64. The molecule has 2 rings (SSSR count). The van der Waals surface area contributed by atoms with Crippen LogP contribution in [0.4, 0.5) is 11.5 Å². The van der Waals surface area contributed by atoms with E-state index in [9.17, 15) is 14.9 Å². The molecular weight excluding hydrogens is 250 g/mol. The number of hydrogen-bond donors (Lipinski definition) is 2. The number of hydrogen-bond acceptors (Lipinski definition) is 5. The fourth-order valence-electron chi connectivity index (χ4n) is 2.02. The molecule has 102 valence electrons. The van der Waals surface area contributed by atoms with Crippen LogP contribution in [0.5, 0.6) is 0 Å². The van der Waals surface area contributed by atoms with Gasteiger partial charge in [0.05, 0.1) is 10.5 Å². The first-order valence-corrected chi connectivity index (χ1v) is 6.19. The summed E-state index contributed by atoms with van der Waals surface area (Å²) >= 11 is 0. The number of anilines is 1. The Bertz CT molecular complexity index is 500. The molecule has 0 aliphatic heterocycles. The van der Waals surface area contributed by atoms with E-state index in [1.165, 1.54) is 19.3 Å². The van der Waals surface area contributed by atoms with E-state index in [0.717, 1.165) is 18.7 Å². The zero-order chi connectivity index (χ0) is 13.8. The average Bonchev–Trinajstić information content (AvgIpc) is 2.32. The molecule has 0 spiro atoms. The van der Waals surface area contributed by atoms with Crippen molar-refractivity contribution in [1.82, 2.24) is 4.98 Å². The molecule has 1 heterocycles. The Balaban J connectivity index is 2.05. The molecule has 0 bridgehead atoms. The highest BCUT2D eigenvalue weighted by Gasteiger charge is 2.20.